The quantitative estimate of drug-likeness (QED) is 0.445. The van der Waals surface area contributed by atoms with Crippen LogP contribution in [0.15, 0.2) is 15.4 Å². The highest BCUT2D eigenvalue weighted by atomic mass is 79.9. The summed E-state index contributed by atoms with van der Waals surface area (Å²) in [6, 6.07) is -0.282. The smallest absolute Gasteiger partial charge is 0.323 e. The third kappa shape index (κ3) is 4.06. The molecular weight excluding hydrogens is 391 g/mol. The molecule has 1 aromatic carbocycles. The van der Waals surface area contributed by atoms with Crippen molar-refractivity contribution in [1.29, 1.82) is 0 Å². The lowest BCUT2D eigenvalue weighted by atomic mass is 10.3. The highest BCUT2D eigenvalue weighted by Gasteiger charge is 2.28. The number of nitrogens with two attached hydrogens (primary N) is 1. The predicted octanol–water partition coefficient (Wildman–Crippen LogP) is 2.05. The Morgan fingerprint density at radius 3 is 2.71 bits per heavy atom. The molecule has 1 aromatic rings. The summed E-state index contributed by atoms with van der Waals surface area (Å²) in [6.07, 6.45) is 0. The van der Waals surface area contributed by atoms with Crippen molar-refractivity contribution < 1.29 is 22.3 Å². The van der Waals surface area contributed by atoms with Crippen LogP contribution in [0.3, 0.4) is 0 Å². The van der Waals surface area contributed by atoms with E-state index in [-0.39, 0.29) is 16.1 Å². The molecule has 0 amide bonds. The molecule has 0 aliphatic carbocycles. The molecule has 3 N–H and O–H groups in total. The Labute approximate surface area is 135 Å². The number of benzene rings is 1. The molecule has 1 rings (SSSR count). The van der Waals surface area contributed by atoms with Gasteiger partial charge in [-0.15, -0.1) is 0 Å². The summed E-state index contributed by atoms with van der Waals surface area (Å²) in [7, 11) is -4.33. The van der Waals surface area contributed by atoms with Crippen LogP contribution in [0, 0.1) is 5.82 Å². The fourth-order valence-electron chi connectivity index (χ4n) is 1.41. The zero-order chi connectivity index (χ0) is 16.4. The lowest BCUT2D eigenvalue weighted by molar-refractivity contribution is -0.144. The van der Waals surface area contributed by atoms with Crippen molar-refractivity contribution in [3.63, 3.8) is 0 Å². The molecule has 0 radical (unpaired) electrons. The minimum absolute atomic E-state index is 0.0547. The second-order valence-electron chi connectivity index (χ2n) is 3.99. The third-order valence-corrected chi connectivity index (χ3v) is 5.34. The van der Waals surface area contributed by atoms with Crippen molar-refractivity contribution in [1.82, 2.24) is 4.72 Å². The molecule has 6 nitrogen and oxygen atoms in total. The normalized spacial score (nSPS) is 13.0. The Morgan fingerprint density at radius 2 is 2.19 bits per heavy atom. The fraction of sp³-hybridized carbons (Fsp3) is 0.364. The molecule has 0 bridgehead atoms. The van der Waals surface area contributed by atoms with E-state index in [1.165, 1.54) is 6.92 Å². The van der Waals surface area contributed by atoms with Crippen LogP contribution < -0.4 is 10.5 Å². The molecule has 0 spiro atoms. The number of rotatable bonds is 5. The Kier molecular flexibility index (Phi) is 5.97. The average Bonchev–Trinajstić information content (AvgIpc) is 2.40. The van der Waals surface area contributed by atoms with Gasteiger partial charge in [0.2, 0.25) is 10.0 Å². The van der Waals surface area contributed by atoms with E-state index in [1.807, 2.05) is 4.72 Å². The summed E-state index contributed by atoms with van der Waals surface area (Å²) in [5.74, 6) is -1.94. The minimum Gasteiger partial charge on any atom is -0.465 e. The van der Waals surface area contributed by atoms with Gasteiger partial charge < -0.3 is 10.5 Å². The first-order valence-corrected chi connectivity index (χ1v) is 8.39. The Morgan fingerprint density at radius 1 is 1.62 bits per heavy atom. The van der Waals surface area contributed by atoms with E-state index in [1.54, 1.807) is 6.92 Å². The maximum Gasteiger partial charge on any atom is 0.323 e. The van der Waals surface area contributed by atoms with E-state index in [9.17, 15) is 17.6 Å². The number of carbonyl (C=O) groups is 1. The number of halogens is 3. The molecule has 0 fully saturated rings. The second kappa shape index (κ2) is 6.91. The second-order valence-corrected chi connectivity index (χ2v) is 6.88. The van der Waals surface area contributed by atoms with Gasteiger partial charge in [-0.3, -0.25) is 4.79 Å². The summed E-state index contributed by atoms with van der Waals surface area (Å²) in [5, 5.41) is -0.0712. The number of esters is 1. The first-order chi connectivity index (χ1) is 9.61. The lowest BCUT2D eigenvalue weighted by Gasteiger charge is -2.15. The van der Waals surface area contributed by atoms with E-state index < -0.39 is 38.4 Å². The van der Waals surface area contributed by atoms with Crippen LogP contribution in [-0.4, -0.2) is 27.0 Å². The van der Waals surface area contributed by atoms with Gasteiger partial charge in [0, 0.05) is 0 Å². The molecule has 10 heteroatoms. The highest BCUT2D eigenvalue weighted by molar-refractivity contribution is 9.10. The van der Waals surface area contributed by atoms with E-state index in [0.29, 0.717) is 0 Å². The monoisotopic (exact) mass is 402 g/mol. The number of carbonyl (C=O) groups excluding carboxylic acids is 1. The molecule has 0 saturated carbocycles. The molecular formula is C11H13BrClFN2O4S. The zero-order valence-electron chi connectivity index (χ0n) is 11.1. The summed E-state index contributed by atoms with van der Waals surface area (Å²) >= 11 is 8.71. The summed E-state index contributed by atoms with van der Waals surface area (Å²) in [6.45, 7) is 2.95. The molecule has 118 valence electrons. The summed E-state index contributed by atoms with van der Waals surface area (Å²) in [4.78, 5) is 10.7. The minimum atomic E-state index is -4.33. The molecule has 0 aliphatic rings. The Bertz CT molecular complexity index is 669. The average molecular weight is 404 g/mol. The van der Waals surface area contributed by atoms with Gasteiger partial charge >= 0.3 is 5.97 Å². The van der Waals surface area contributed by atoms with Crippen LogP contribution in [0.2, 0.25) is 5.02 Å². The summed E-state index contributed by atoms with van der Waals surface area (Å²) in [5.41, 5.74) is 4.99. The Hall–Kier alpha value is -0.900. The largest absolute Gasteiger partial charge is 0.465 e. The number of nitrogens with one attached hydrogen (secondary N) is 1. The number of sulfonamides is 1. The molecule has 1 atom stereocenters. The standard InChI is InChI=1S/C11H13BrClFN2O4S/c1-3-20-11(17)5(2)16-21(18,19)7-4-6(13)8(12)10(15)9(7)14/h4-5,16H,3,15H2,1-2H3. The van der Waals surface area contributed by atoms with Gasteiger partial charge in [0.05, 0.1) is 21.8 Å². The first-order valence-electron chi connectivity index (χ1n) is 5.73. The molecule has 0 aromatic heterocycles. The van der Waals surface area contributed by atoms with E-state index in [4.69, 9.17) is 17.3 Å². The van der Waals surface area contributed by atoms with Gasteiger partial charge in [0.15, 0.2) is 5.82 Å². The van der Waals surface area contributed by atoms with Gasteiger partial charge in [-0.25, -0.2) is 12.8 Å². The van der Waals surface area contributed by atoms with Crippen LogP contribution in [0.4, 0.5) is 10.1 Å². The topological polar surface area (TPSA) is 98.5 Å². The predicted molar refractivity (Wildman–Crippen MR) is 79.9 cm³/mol. The summed E-state index contributed by atoms with van der Waals surface area (Å²) < 4.78 is 44.9. The molecule has 1 unspecified atom stereocenters. The fourth-order valence-corrected chi connectivity index (χ4v) is 3.28. The third-order valence-electron chi connectivity index (χ3n) is 2.42. The Balaban J connectivity index is 3.18. The molecule has 21 heavy (non-hydrogen) atoms. The van der Waals surface area contributed by atoms with Gasteiger partial charge in [-0.2, -0.15) is 4.72 Å². The van der Waals surface area contributed by atoms with Crippen molar-refractivity contribution in [2.24, 2.45) is 0 Å². The van der Waals surface area contributed by atoms with E-state index >= 15 is 0 Å². The van der Waals surface area contributed by atoms with Crippen LogP contribution in [0.5, 0.6) is 0 Å². The van der Waals surface area contributed by atoms with Crippen LogP contribution in [-0.2, 0) is 19.6 Å². The number of hydrogen-bond acceptors (Lipinski definition) is 5. The van der Waals surface area contributed by atoms with Crippen LogP contribution >= 0.6 is 27.5 Å². The van der Waals surface area contributed by atoms with Crippen molar-refractivity contribution in [3.8, 4) is 0 Å². The maximum absolute atomic E-state index is 14.0. The van der Waals surface area contributed by atoms with Crippen molar-refractivity contribution in [3.05, 3.63) is 21.4 Å². The number of anilines is 1. The van der Waals surface area contributed by atoms with Gasteiger partial charge in [0.1, 0.15) is 10.9 Å². The number of hydrogen-bond donors (Lipinski definition) is 2. The molecule has 0 heterocycles. The van der Waals surface area contributed by atoms with E-state index in [2.05, 4.69) is 20.7 Å². The van der Waals surface area contributed by atoms with Gasteiger partial charge in [-0.1, -0.05) is 11.6 Å². The highest BCUT2D eigenvalue weighted by Crippen LogP contribution is 2.34. The van der Waals surface area contributed by atoms with Crippen molar-refractivity contribution >= 4 is 49.2 Å². The molecule has 0 saturated heterocycles. The lowest BCUT2D eigenvalue weighted by Crippen LogP contribution is -2.39. The maximum atomic E-state index is 14.0. The van der Waals surface area contributed by atoms with Gasteiger partial charge in [0.25, 0.3) is 0 Å². The van der Waals surface area contributed by atoms with Gasteiger partial charge in [-0.05, 0) is 35.8 Å². The SMILES string of the molecule is CCOC(=O)C(C)NS(=O)(=O)c1cc(Cl)c(Br)c(N)c1F. The number of nitrogen functional groups attached to an aromatic ring is 1. The van der Waals surface area contributed by atoms with Crippen LogP contribution in [0.25, 0.3) is 0 Å². The van der Waals surface area contributed by atoms with E-state index in [0.717, 1.165) is 6.07 Å². The molecule has 0 aliphatic heterocycles. The first kappa shape index (κ1) is 18.1. The van der Waals surface area contributed by atoms with Crippen molar-refractivity contribution in [2.75, 3.05) is 12.3 Å². The van der Waals surface area contributed by atoms with Crippen LogP contribution in [0.1, 0.15) is 13.8 Å². The number of ether oxygens (including phenoxy) is 1. The van der Waals surface area contributed by atoms with Crippen molar-refractivity contribution in [2.45, 2.75) is 24.8 Å². The zero-order valence-corrected chi connectivity index (χ0v) is 14.3.